The van der Waals surface area contributed by atoms with Crippen LogP contribution in [0.3, 0.4) is 0 Å². The first-order valence-corrected chi connectivity index (χ1v) is 9.62. The van der Waals surface area contributed by atoms with E-state index in [4.69, 9.17) is 0 Å². The van der Waals surface area contributed by atoms with Crippen LogP contribution in [0.5, 0.6) is 0 Å². The summed E-state index contributed by atoms with van der Waals surface area (Å²) < 4.78 is 0. The summed E-state index contributed by atoms with van der Waals surface area (Å²) in [6.07, 6.45) is 12.7. The van der Waals surface area contributed by atoms with E-state index in [-0.39, 0.29) is 11.7 Å². The van der Waals surface area contributed by atoms with E-state index >= 15 is 0 Å². The summed E-state index contributed by atoms with van der Waals surface area (Å²) in [6, 6.07) is 5.70. The first kappa shape index (κ1) is 18.7. The minimum Gasteiger partial charge on any atom is -0.305 e. The zero-order valence-corrected chi connectivity index (χ0v) is 15.3. The van der Waals surface area contributed by atoms with Gasteiger partial charge in [-0.2, -0.15) is 0 Å². The van der Waals surface area contributed by atoms with Crippen molar-refractivity contribution in [2.75, 3.05) is 11.4 Å². The Morgan fingerprint density at radius 1 is 0.833 bits per heavy atom. The molecule has 0 saturated heterocycles. The van der Waals surface area contributed by atoms with Crippen molar-refractivity contribution in [3.8, 4) is 0 Å². The Bertz CT molecular complexity index is 565. The van der Waals surface area contributed by atoms with Crippen LogP contribution in [0.25, 0.3) is 0 Å². The van der Waals surface area contributed by atoms with E-state index in [0.717, 1.165) is 24.1 Å². The molecule has 0 spiro atoms. The van der Waals surface area contributed by atoms with Crippen LogP contribution >= 0.6 is 0 Å². The molecule has 0 atom stereocenters. The highest BCUT2D eigenvalue weighted by Gasteiger charge is 2.35. The van der Waals surface area contributed by atoms with Gasteiger partial charge < -0.3 is 4.90 Å². The largest absolute Gasteiger partial charge is 0.305 e. The molecule has 0 fully saturated rings. The topological polar surface area (TPSA) is 37.4 Å². The van der Waals surface area contributed by atoms with Crippen LogP contribution in [0.1, 0.15) is 87.1 Å². The predicted octanol–water partition coefficient (Wildman–Crippen LogP) is 5.45. The van der Waals surface area contributed by atoms with E-state index in [9.17, 15) is 9.59 Å². The van der Waals surface area contributed by atoms with Gasteiger partial charge in [-0.3, -0.25) is 9.59 Å². The van der Waals surface area contributed by atoms with Gasteiger partial charge in [0.2, 0.25) is 0 Å². The maximum absolute atomic E-state index is 12.1. The summed E-state index contributed by atoms with van der Waals surface area (Å²) in [4.78, 5) is 25.9. The summed E-state index contributed by atoms with van der Waals surface area (Å²) in [5.41, 5.74) is 2.40. The summed E-state index contributed by atoms with van der Waals surface area (Å²) in [5.74, 6) is -0.702. The molecule has 0 N–H and O–H groups in total. The molecule has 0 aliphatic carbocycles. The number of benzene rings is 1. The highest BCUT2D eigenvalue weighted by molar-refractivity contribution is 6.52. The van der Waals surface area contributed by atoms with E-state index in [1.54, 1.807) is 4.90 Å². The number of unbranched alkanes of at least 4 members (excludes halogenated alkanes) is 9. The standard InChI is InChI=1S/C21H31NO2/c1-3-4-5-6-7-8-9-10-11-12-15-22-19-14-13-17(2)16-18(19)20(23)21(22)24/h13-14,16H,3-12,15H2,1-2H3. The van der Waals surface area contributed by atoms with Gasteiger partial charge in [0.05, 0.1) is 11.3 Å². The maximum Gasteiger partial charge on any atom is 0.299 e. The number of anilines is 1. The van der Waals surface area contributed by atoms with Gasteiger partial charge in [-0.1, -0.05) is 76.3 Å². The Balaban J connectivity index is 1.65. The number of nitrogens with zero attached hydrogens (tertiary/aromatic N) is 1. The van der Waals surface area contributed by atoms with Crippen LogP contribution in [0, 0.1) is 6.92 Å². The maximum atomic E-state index is 12.1. The molecule has 0 aromatic heterocycles. The minimum absolute atomic E-state index is 0.347. The molecule has 2 rings (SSSR count). The Hall–Kier alpha value is -1.64. The number of rotatable bonds is 11. The van der Waals surface area contributed by atoms with E-state index in [0.29, 0.717) is 12.1 Å². The van der Waals surface area contributed by atoms with Crippen LogP contribution in [-0.2, 0) is 4.79 Å². The lowest BCUT2D eigenvalue weighted by atomic mass is 10.1. The Morgan fingerprint density at radius 3 is 2.04 bits per heavy atom. The highest BCUT2D eigenvalue weighted by Crippen LogP contribution is 2.30. The lowest BCUT2D eigenvalue weighted by molar-refractivity contribution is -0.114. The lowest BCUT2D eigenvalue weighted by Gasteiger charge is -2.16. The number of fused-ring (bicyclic) bond motifs is 1. The van der Waals surface area contributed by atoms with Crippen LogP contribution in [0.15, 0.2) is 18.2 Å². The first-order valence-electron chi connectivity index (χ1n) is 9.62. The van der Waals surface area contributed by atoms with Crippen LogP contribution in [0.2, 0.25) is 0 Å². The molecule has 1 amide bonds. The Labute approximate surface area is 146 Å². The number of amides is 1. The lowest BCUT2D eigenvalue weighted by Crippen LogP contribution is -2.30. The van der Waals surface area contributed by atoms with Gasteiger partial charge in [0.15, 0.2) is 0 Å². The van der Waals surface area contributed by atoms with Gasteiger partial charge in [0.25, 0.3) is 11.7 Å². The molecule has 3 heteroatoms. The van der Waals surface area contributed by atoms with Crippen LogP contribution < -0.4 is 4.90 Å². The number of carbonyl (C=O) groups is 2. The molecule has 24 heavy (non-hydrogen) atoms. The summed E-state index contributed by atoms with van der Waals surface area (Å²) in [7, 11) is 0. The molecule has 0 saturated carbocycles. The highest BCUT2D eigenvalue weighted by atomic mass is 16.2. The van der Waals surface area contributed by atoms with E-state index in [2.05, 4.69) is 6.92 Å². The number of carbonyl (C=O) groups excluding carboxylic acids is 2. The van der Waals surface area contributed by atoms with Gasteiger partial charge in [-0.05, 0) is 25.5 Å². The molecule has 1 aromatic carbocycles. The zero-order chi connectivity index (χ0) is 17.4. The van der Waals surface area contributed by atoms with Crippen molar-refractivity contribution >= 4 is 17.4 Å². The van der Waals surface area contributed by atoms with Crippen molar-refractivity contribution in [3.63, 3.8) is 0 Å². The number of hydrogen-bond acceptors (Lipinski definition) is 2. The SMILES string of the molecule is CCCCCCCCCCCCN1C(=O)C(=O)c2cc(C)ccc21. The van der Waals surface area contributed by atoms with Crippen molar-refractivity contribution < 1.29 is 9.59 Å². The molecular formula is C21H31NO2. The smallest absolute Gasteiger partial charge is 0.299 e. The van der Waals surface area contributed by atoms with Crippen molar-refractivity contribution in [2.45, 2.75) is 78.1 Å². The van der Waals surface area contributed by atoms with Gasteiger partial charge in [-0.15, -0.1) is 0 Å². The van der Waals surface area contributed by atoms with Gasteiger partial charge in [0, 0.05) is 6.54 Å². The van der Waals surface area contributed by atoms with E-state index in [1.807, 2.05) is 25.1 Å². The summed E-state index contributed by atoms with van der Waals surface area (Å²) in [5, 5.41) is 0. The normalized spacial score (nSPS) is 13.7. The fourth-order valence-electron chi connectivity index (χ4n) is 3.39. The van der Waals surface area contributed by atoms with Crippen molar-refractivity contribution in [2.24, 2.45) is 0 Å². The second kappa shape index (κ2) is 9.61. The fraction of sp³-hybridized carbons (Fsp3) is 0.619. The van der Waals surface area contributed by atoms with Crippen molar-refractivity contribution in [1.29, 1.82) is 0 Å². The molecule has 3 nitrogen and oxygen atoms in total. The summed E-state index contributed by atoms with van der Waals surface area (Å²) >= 11 is 0. The number of Topliss-reactive ketones (excluding diaryl/α,β-unsaturated/α-hetero) is 1. The van der Waals surface area contributed by atoms with Crippen molar-refractivity contribution in [3.05, 3.63) is 29.3 Å². The molecule has 1 aromatic rings. The number of aryl methyl sites for hydroxylation is 1. The average Bonchev–Trinajstić information content (AvgIpc) is 2.81. The fourth-order valence-corrected chi connectivity index (χ4v) is 3.39. The predicted molar refractivity (Wildman–Crippen MR) is 99.7 cm³/mol. The van der Waals surface area contributed by atoms with E-state index in [1.165, 1.54) is 51.4 Å². The number of ketones is 1. The van der Waals surface area contributed by atoms with Crippen LogP contribution in [0.4, 0.5) is 5.69 Å². The molecule has 1 aliphatic heterocycles. The molecule has 0 bridgehead atoms. The molecule has 1 aliphatic rings. The third-order valence-electron chi connectivity index (χ3n) is 4.86. The second-order valence-corrected chi connectivity index (χ2v) is 6.99. The van der Waals surface area contributed by atoms with Crippen LogP contribution in [-0.4, -0.2) is 18.2 Å². The molecule has 0 unspecified atom stereocenters. The van der Waals surface area contributed by atoms with Gasteiger partial charge in [-0.25, -0.2) is 0 Å². The number of hydrogen-bond donors (Lipinski definition) is 0. The second-order valence-electron chi connectivity index (χ2n) is 6.99. The first-order chi connectivity index (χ1) is 11.6. The Morgan fingerprint density at radius 2 is 1.42 bits per heavy atom. The molecule has 1 heterocycles. The monoisotopic (exact) mass is 329 g/mol. The van der Waals surface area contributed by atoms with Crippen molar-refractivity contribution in [1.82, 2.24) is 0 Å². The third kappa shape index (κ3) is 4.93. The minimum atomic E-state index is -0.355. The molecule has 0 radical (unpaired) electrons. The Kier molecular flexibility index (Phi) is 7.48. The molecule has 132 valence electrons. The van der Waals surface area contributed by atoms with E-state index < -0.39 is 0 Å². The molecular weight excluding hydrogens is 298 g/mol. The third-order valence-corrected chi connectivity index (χ3v) is 4.86. The van der Waals surface area contributed by atoms with Gasteiger partial charge in [0.1, 0.15) is 0 Å². The average molecular weight is 329 g/mol. The zero-order valence-electron chi connectivity index (χ0n) is 15.3. The summed E-state index contributed by atoms with van der Waals surface area (Å²) in [6.45, 7) is 4.86. The van der Waals surface area contributed by atoms with Gasteiger partial charge >= 0.3 is 0 Å². The quantitative estimate of drug-likeness (QED) is 0.400.